The van der Waals surface area contributed by atoms with E-state index in [1.807, 2.05) is 12.3 Å². The van der Waals surface area contributed by atoms with Gasteiger partial charge in [0.1, 0.15) is 5.58 Å². The van der Waals surface area contributed by atoms with Gasteiger partial charge in [0, 0.05) is 43.7 Å². The predicted molar refractivity (Wildman–Crippen MR) is 69.1 cm³/mol. The number of rotatable bonds is 2. The van der Waals surface area contributed by atoms with Crippen LogP contribution in [-0.4, -0.2) is 31.1 Å². The molecule has 3 rings (SSSR count). The second kappa shape index (κ2) is 4.51. The van der Waals surface area contributed by atoms with Crippen LogP contribution in [0, 0.1) is 6.92 Å². The fraction of sp³-hybridized carbons (Fsp3) is 0.429. The summed E-state index contributed by atoms with van der Waals surface area (Å²) in [7, 11) is 0. The molecular weight excluding hydrogens is 212 g/mol. The molecule has 1 aromatic heterocycles. The maximum Gasteiger partial charge on any atom is 0.134 e. The van der Waals surface area contributed by atoms with Gasteiger partial charge in [-0.1, -0.05) is 12.1 Å². The molecule has 0 amide bonds. The normalized spacial score (nSPS) is 17.7. The van der Waals surface area contributed by atoms with Gasteiger partial charge < -0.3 is 9.73 Å². The summed E-state index contributed by atoms with van der Waals surface area (Å²) < 4.78 is 5.63. The Morgan fingerprint density at radius 2 is 2.12 bits per heavy atom. The van der Waals surface area contributed by atoms with Crippen molar-refractivity contribution < 1.29 is 4.42 Å². The van der Waals surface area contributed by atoms with Gasteiger partial charge in [0.05, 0.1) is 6.26 Å². The summed E-state index contributed by atoms with van der Waals surface area (Å²) in [5.41, 5.74) is 3.64. The second-order valence-electron chi connectivity index (χ2n) is 4.74. The molecule has 0 unspecified atom stereocenters. The maximum atomic E-state index is 5.63. The highest BCUT2D eigenvalue weighted by Gasteiger charge is 2.14. The van der Waals surface area contributed by atoms with E-state index in [-0.39, 0.29) is 0 Å². The van der Waals surface area contributed by atoms with Gasteiger partial charge in [0.25, 0.3) is 0 Å². The molecule has 0 spiro atoms. The van der Waals surface area contributed by atoms with Crippen molar-refractivity contribution in [3.05, 3.63) is 35.6 Å². The van der Waals surface area contributed by atoms with Gasteiger partial charge in [0.2, 0.25) is 0 Å². The van der Waals surface area contributed by atoms with E-state index in [4.69, 9.17) is 4.42 Å². The zero-order valence-electron chi connectivity index (χ0n) is 10.2. The summed E-state index contributed by atoms with van der Waals surface area (Å²) >= 11 is 0. The Labute approximate surface area is 101 Å². The summed E-state index contributed by atoms with van der Waals surface area (Å²) in [5.74, 6) is 0. The molecule has 90 valence electrons. The fourth-order valence-electron chi connectivity index (χ4n) is 2.57. The van der Waals surface area contributed by atoms with Crippen molar-refractivity contribution in [1.82, 2.24) is 10.2 Å². The van der Waals surface area contributed by atoms with E-state index in [2.05, 4.69) is 29.3 Å². The van der Waals surface area contributed by atoms with E-state index in [0.29, 0.717) is 0 Å². The topological polar surface area (TPSA) is 28.4 Å². The Kier molecular flexibility index (Phi) is 2.87. The van der Waals surface area contributed by atoms with Crippen molar-refractivity contribution in [3.8, 4) is 0 Å². The van der Waals surface area contributed by atoms with Crippen molar-refractivity contribution >= 4 is 11.0 Å². The molecule has 1 N–H and O–H groups in total. The highest BCUT2D eigenvalue weighted by atomic mass is 16.3. The summed E-state index contributed by atoms with van der Waals surface area (Å²) in [6, 6.07) is 6.25. The van der Waals surface area contributed by atoms with Crippen LogP contribution in [0.1, 0.15) is 11.1 Å². The van der Waals surface area contributed by atoms with Crippen molar-refractivity contribution in [2.75, 3.05) is 26.2 Å². The van der Waals surface area contributed by atoms with Crippen LogP contribution in [0.25, 0.3) is 11.0 Å². The molecule has 0 saturated carbocycles. The van der Waals surface area contributed by atoms with E-state index in [1.54, 1.807) is 0 Å². The molecule has 2 heterocycles. The second-order valence-corrected chi connectivity index (χ2v) is 4.74. The number of aryl methyl sites for hydroxylation is 1. The third kappa shape index (κ3) is 2.08. The van der Waals surface area contributed by atoms with Crippen LogP contribution in [0.2, 0.25) is 0 Å². The van der Waals surface area contributed by atoms with E-state index >= 15 is 0 Å². The van der Waals surface area contributed by atoms with E-state index < -0.39 is 0 Å². The minimum absolute atomic E-state index is 1.000. The summed E-state index contributed by atoms with van der Waals surface area (Å²) in [4.78, 5) is 2.48. The van der Waals surface area contributed by atoms with E-state index in [9.17, 15) is 0 Å². The third-order valence-electron chi connectivity index (χ3n) is 3.49. The maximum absolute atomic E-state index is 5.63. The van der Waals surface area contributed by atoms with Gasteiger partial charge in [-0.2, -0.15) is 0 Å². The highest BCUT2D eigenvalue weighted by molar-refractivity contribution is 5.84. The van der Waals surface area contributed by atoms with Crippen LogP contribution < -0.4 is 5.32 Å². The van der Waals surface area contributed by atoms with Crippen LogP contribution in [0.4, 0.5) is 0 Å². The zero-order valence-corrected chi connectivity index (χ0v) is 10.2. The first-order valence-electron chi connectivity index (χ1n) is 6.23. The zero-order chi connectivity index (χ0) is 11.7. The highest BCUT2D eigenvalue weighted by Crippen LogP contribution is 2.25. The Bertz CT molecular complexity index is 512. The van der Waals surface area contributed by atoms with Gasteiger partial charge in [-0.05, 0) is 18.6 Å². The average Bonchev–Trinajstić information content (AvgIpc) is 2.75. The fourth-order valence-corrected chi connectivity index (χ4v) is 2.57. The average molecular weight is 230 g/mol. The van der Waals surface area contributed by atoms with Gasteiger partial charge in [-0.15, -0.1) is 0 Å². The minimum atomic E-state index is 1.000. The number of benzene rings is 1. The van der Waals surface area contributed by atoms with Gasteiger partial charge in [0.15, 0.2) is 0 Å². The first kappa shape index (κ1) is 10.8. The Hall–Kier alpha value is -1.32. The summed E-state index contributed by atoms with van der Waals surface area (Å²) in [5, 5.41) is 4.68. The standard InChI is InChI=1S/C14H18N2O/c1-11-3-2-4-13-14(11)12(10-17-13)9-16-7-5-15-6-8-16/h2-4,10,15H,5-9H2,1H3. The van der Waals surface area contributed by atoms with Crippen molar-refractivity contribution in [2.24, 2.45) is 0 Å². The summed E-state index contributed by atoms with van der Waals surface area (Å²) in [6.45, 7) is 7.58. The van der Waals surface area contributed by atoms with Gasteiger partial charge in [-0.25, -0.2) is 0 Å². The lowest BCUT2D eigenvalue weighted by Crippen LogP contribution is -2.42. The first-order valence-corrected chi connectivity index (χ1v) is 6.23. The summed E-state index contributed by atoms with van der Waals surface area (Å²) in [6.07, 6.45) is 1.92. The lowest BCUT2D eigenvalue weighted by molar-refractivity contribution is 0.233. The number of hydrogen-bond acceptors (Lipinski definition) is 3. The predicted octanol–water partition coefficient (Wildman–Crippen LogP) is 2.15. The molecule has 0 bridgehead atoms. The molecule has 1 aromatic carbocycles. The van der Waals surface area contributed by atoms with Crippen molar-refractivity contribution in [3.63, 3.8) is 0 Å². The molecule has 1 aliphatic heterocycles. The number of nitrogens with one attached hydrogen (secondary N) is 1. The minimum Gasteiger partial charge on any atom is -0.464 e. The molecule has 0 radical (unpaired) electrons. The number of piperazine rings is 1. The smallest absolute Gasteiger partial charge is 0.134 e. The van der Waals surface area contributed by atoms with Crippen LogP contribution in [0.3, 0.4) is 0 Å². The van der Waals surface area contributed by atoms with Crippen LogP contribution in [0.15, 0.2) is 28.9 Å². The lowest BCUT2D eigenvalue weighted by atomic mass is 10.1. The van der Waals surface area contributed by atoms with Crippen LogP contribution in [-0.2, 0) is 6.54 Å². The van der Waals surface area contributed by atoms with Crippen LogP contribution >= 0.6 is 0 Å². The number of nitrogens with zero attached hydrogens (tertiary/aromatic N) is 1. The molecule has 0 aliphatic carbocycles. The van der Waals surface area contributed by atoms with E-state index in [1.165, 1.54) is 16.5 Å². The molecular formula is C14H18N2O. The first-order chi connectivity index (χ1) is 8.34. The molecule has 1 fully saturated rings. The third-order valence-corrected chi connectivity index (χ3v) is 3.49. The lowest BCUT2D eigenvalue weighted by Gasteiger charge is -2.26. The molecule has 0 atom stereocenters. The molecule has 1 aliphatic rings. The van der Waals surface area contributed by atoms with Gasteiger partial charge in [-0.3, -0.25) is 4.90 Å². The Balaban J connectivity index is 1.89. The van der Waals surface area contributed by atoms with Gasteiger partial charge >= 0.3 is 0 Å². The quantitative estimate of drug-likeness (QED) is 0.857. The van der Waals surface area contributed by atoms with Crippen LogP contribution in [0.5, 0.6) is 0 Å². The van der Waals surface area contributed by atoms with E-state index in [0.717, 1.165) is 38.3 Å². The van der Waals surface area contributed by atoms with Crippen molar-refractivity contribution in [1.29, 1.82) is 0 Å². The van der Waals surface area contributed by atoms with Crippen molar-refractivity contribution in [2.45, 2.75) is 13.5 Å². The largest absolute Gasteiger partial charge is 0.464 e. The molecule has 3 nitrogen and oxygen atoms in total. The molecule has 17 heavy (non-hydrogen) atoms. The molecule has 1 saturated heterocycles. The Morgan fingerprint density at radius 1 is 1.29 bits per heavy atom. The number of furan rings is 1. The molecule has 3 heteroatoms. The number of fused-ring (bicyclic) bond motifs is 1. The monoisotopic (exact) mass is 230 g/mol. The molecule has 2 aromatic rings. The SMILES string of the molecule is Cc1cccc2occ(CN3CCNCC3)c12. The number of hydrogen-bond donors (Lipinski definition) is 1. The Morgan fingerprint density at radius 3 is 2.94 bits per heavy atom.